The van der Waals surface area contributed by atoms with Gasteiger partial charge in [-0.3, -0.25) is 0 Å². The molecule has 0 spiro atoms. The molecule has 0 radical (unpaired) electrons. The monoisotopic (exact) mass is 264 g/mol. The number of carbonyl (C=O) groups is 1. The first-order valence-electron chi connectivity index (χ1n) is 5.63. The summed E-state index contributed by atoms with van der Waals surface area (Å²) < 4.78 is 1.98. The highest BCUT2D eigenvalue weighted by atomic mass is 35.5. The number of aryl methyl sites for hydroxylation is 1. The lowest BCUT2D eigenvalue weighted by atomic mass is 10.0. The van der Waals surface area contributed by atoms with Gasteiger partial charge in [0, 0.05) is 30.4 Å². The Hall–Kier alpha value is -1.81. The number of carboxylic acid groups (broad SMARTS) is 1. The normalized spacial score (nSPS) is 10.6. The van der Waals surface area contributed by atoms with Crippen molar-refractivity contribution < 1.29 is 9.90 Å². The Bertz CT molecular complexity index is 578. The van der Waals surface area contributed by atoms with E-state index in [4.69, 9.17) is 16.7 Å². The Kier molecular flexibility index (Phi) is 3.67. The third-order valence-corrected chi connectivity index (χ3v) is 3.02. The van der Waals surface area contributed by atoms with Crippen molar-refractivity contribution in [3.63, 3.8) is 0 Å². The molecule has 1 aromatic heterocycles. The smallest absolute Gasteiger partial charge is 0.335 e. The van der Waals surface area contributed by atoms with Gasteiger partial charge < -0.3 is 9.67 Å². The molecule has 5 heteroatoms. The van der Waals surface area contributed by atoms with E-state index >= 15 is 0 Å². The zero-order valence-electron chi connectivity index (χ0n) is 9.93. The lowest BCUT2D eigenvalue weighted by Gasteiger charge is -2.08. The van der Waals surface area contributed by atoms with Gasteiger partial charge in [0.05, 0.1) is 5.56 Å². The Balaban J connectivity index is 2.39. The minimum Gasteiger partial charge on any atom is -0.478 e. The van der Waals surface area contributed by atoms with E-state index in [9.17, 15) is 4.79 Å². The van der Waals surface area contributed by atoms with Gasteiger partial charge in [-0.2, -0.15) is 0 Å². The maximum absolute atomic E-state index is 11.1. The van der Waals surface area contributed by atoms with Crippen LogP contribution in [0.4, 0.5) is 0 Å². The molecule has 0 atom stereocenters. The van der Waals surface area contributed by atoms with Crippen LogP contribution in [0, 0.1) is 0 Å². The maximum Gasteiger partial charge on any atom is 0.335 e. The van der Waals surface area contributed by atoms with Crippen molar-refractivity contribution in [3.8, 4) is 0 Å². The van der Waals surface area contributed by atoms with Crippen molar-refractivity contribution in [2.75, 3.05) is 0 Å². The molecule has 2 aromatic rings. The van der Waals surface area contributed by atoms with Crippen molar-refractivity contribution in [2.24, 2.45) is 0 Å². The first-order chi connectivity index (χ1) is 8.61. The minimum absolute atomic E-state index is 0.269. The largest absolute Gasteiger partial charge is 0.478 e. The van der Waals surface area contributed by atoms with Crippen LogP contribution in [0.25, 0.3) is 0 Å². The molecule has 0 fully saturated rings. The molecule has 0 saturated heterocycles. The molecule has 0 aliphatic heterocycles. The van der Waals surface area contributed by atoms with Crippen molar-refractivity contribution >= 4 is 17.6 Å². The number of imidazole rings is 1. The molecule has 1 heterocycles. The first-order valence-corrected chi connectivity index (χ1v) is 6.01. The summed E-state index contributed by atoms with van der Waals surface area (Å²) in [4.78, 5) is 15.4. The second kappa shape index (κ2) is 5.23. The summed E-state index contributed by atoms with van der Waals surface area (Å²) in [6.07, 6.45) is 4.05. The van der Waals surface area contributed by atoms with Crippen molar-refractivity contribution in [2.45, 2.75) is 19.9 Å². The third kappa shape index (κ3) is 2.54. The van der Waals surface area contributed by atoms with Crippen LogP contribution < -0.4 is 0 Å². The quantitative estimate of drug-likeness (QED) is 0.924. The van der Waals surface area contributed by atoms with Crippen molar-refractivity contribution in [3.05, 3.63) is 52.6 Å². The van der Waals surface area contributed by atoms with E-state index in [1.165, 1.54) is 6.07 Å². The van der Waals surface area contributed by atoms with Crippen LogP contribution in [0.1, 0.15) is 28.7 Å². The van der Waals surface area contributed by atoms with Gasteiger partial charge in [0.1, 0.15) is 5.82 Å². The van der Waals surface area contributed by atoms with E-state index in [1.807, 2.05) is 17.7 Å². The van der Waals surface area contributed by atoms with Gasteiger partial charge in [0.2, 0.25) is 0 Å². The fourth-order valence-electron chi connectivity index (χ4n) is 1.88. The van der Waals surface area contributed by atoms with Crippen molar-refractivity contribution in [1.82, 2.24) is 9.55 Å². The summed E-state index contributed by atoms with van der Waals surface area (Å²) >= 11 is 5.92. The number of hydrogen-bond donors (Lipinski definition) is 1. The molecule has 0 bridgehead atoms. The Morgan fingerprint density at radius 3 is 2.94 bits per heavy atom. The van der Waals surface area contributed by atoms with E-state index in [-0.39, 0.29) is 5.56 Å². The molecule has 0 unspecified atom stereocenters. The molecule has 0 aliphatic rings. The average Bonchev–Trinajstić information content (AvgIpc) is 2.76. The van der Waals surface area contributed by atoms with Gasteiger partial charge in [-0.25, -0.2) is 9.78 Å². The van der Waals surface area contributed by atoms with Gasteiger partial charge in [-0.15, -0.1) is 0 Å². The van der Waals surface area contributed by atoms with Gasteiger partial charge in [0.15, 0.2) is 0 Å². The maximum atomic E-state index is 11.1. The van der Waals surface area contributed by atoms with Gasteiger partial charge >= 0.3 is 5.97 Å². The second-order valence-electron chi connectivity index (χ2n) is 3.91. The SMILES string of the molecule is CCn1ccnc1Cc1cc(Cl)ccc1C(=O)O. The summed E-state index contributed by atoms with van der Waals surface area (Å²) in [7, 11) is 0. The zero-order valence-corrected chi connectivity index (χ0v) is 10.7. The summed E-state index contributed by atoms with van der Waals surface area (Å²) in [6.45, 7) is 2.82. The third-order valence-electron chi connectivity index (χ3n) is 2.79. The number of nitrogens with zero attached hydrogens (tertiary/aromatic N) is 2. The second-order valence-corrected chi connectivity index (χ2v) is 4.35. The van der Waals surface area contributed by atoms with Crippen LogP contribution in [0.15, 0.2) is 30.6 Å². The fraction of sp³-hybridized carbons (Fsp3) is 0.231. The summed E-state index contributed by atoms with van der Waals surface area (Å²) in [5, 5.41) is 9.67. The number of halogens is 1. The number of rotatable bonds is 4. The van der Waals surface area contributed by atoms with E-state index in [0.29, 0.717) is 17.0 Å². The highest BCUT2D eigenvalue weighted by molar-refractivity contribution is 6.30. The number of benzene rings is 1. The zero-order chi connectivity index (χ0) is 13.1. The van der Waals surface area contributed by atoms with E-state index in [0.717, 1.165) is 12.4 Å². The standard InChI is InChI=1S/C13H13ClN2O2/c1-2-16-6-5-15-12(16)8-9-7-10(14)3-4-11(9)13(17)18/h3-7H,2,8H2,1H3,(H,17,18). The molecule has 0 aliphatic carbocycles. The van der Waals surface area contributed by atoms with Gasteiger partial charge in [-0.05, 0) is 30.7 Å². The first kappa shape index (κ1) is 12.6. The van der Waals surface area contributed by atoms with E-state index in [2.05, 4.69) is 4.98 Å². The Labute approximate surface area is 110 Å². The molecule has 0 amide bonds. The average molecular weight is 265 g/mol. The molecule has 18 heavy (non-hydrogen) atoms. The molecule has 2 rings (SSSR count). The number of carboxylic acids is 1. The van der Waals surface area contributed by atoms with Crippen LogP contribution in [0.3, 0.4) is 0 Å². The van der Waals surface area contributed by atoms with E-state index in [1.54, 1.807) is 18.3 Å². The Morgan fingerprint density at radius 1 is 1.50 bits per heavy atom. The summed E-state index contributed by atoms with van der Waals surface area (Å²) in [6, 6.07) is 4.79. The summed E-state index contributed by atoms with van der Waals surface area (Å²) in [5.41, 5.74) is 0.945. The molecule has 1 aromatic carbocycles. The number of hydrogen-bond acceptors (Lipinski definition) is 2. The molecule has 0 saturated carbocycles. The van der Waals surface area contributed by atoms with Gasteiger partial charge in [0.25, 0.3) is 0 Å². The highest BCUT2D eigenvalue weighted by Crippen LogP contribution is 2.19. The predicted molar refractivity (Wildman–Crippen MR) is 69.1 cm³/mol. The number of aromatic carboxylic acids is 1. The Morgan fingerprint density at radius 2 is 2.28 bits per heavy atom. The molecule has 1 N–H and O–H groups in total. The molecular weight excluding hydrogens is 252 g/mol. The van der Waals surface area contributed by atoms with Crippen LogP contribution in [-0.2, 0) is 13.0 Å². The minimum atomic E-state index is -0.948. The topological polar surface area (TPSA) is 55.1 Å². The molecular formula is C13H13ClN2O2. The lowest BCUT2D eigenvalue weighted by Crippen LogP contribution is -2.07. The van der Waals surface area contributed by atoms with Crippen LogP contribution >= 0.6 is 11.6 Å². The summed E-state index contributed by atoms with van der Waals surface area (Å²) in [5.74, 6) is -0.112. The van der Waals surface area contributed by atoms with Crippen LogP contribution in [0.2, 0.25) is 5.02 Å². The number of aromatic nitrogens is 2. The molecule has 94 valence electrons. The fourth-order valence-corrected chi connectivity index (χ4v) is 2.08. The predicted octanol–water partition coefficient (Wildman–Crippen LogP) is 2.85. The highest BCUT2D eigenvalue weighted by Gasteiger charge is 2.13. The van der Waals surface area contributed by atoms with E-state index < -0.39 is 5.97 Å². The van der Waals surface area contributed by atoms with Crippen LogP contribution in [0.5, 0.6) is 0 Å². The lowest BCUT2D eigenvalue weighted by molar-refractivity contribution is 0.0696. The van der Waals surface area contributed by atoms with Crippen LogP contribution in [-0.4, -0.2) is 20.6 Å². The molecule has 4 nitrogen and oxygen atoms in total. The van der Waals surface area contributed by atoms with Gasteiger partial charge in [-0.1, -0.05) is 11.6 Å². The van der Waals surface area contributed by atoms with Crippen molar-refractivity contribution in [1.29, 1.82) is 0 Å².